The smallest absolute Gasteiger partial charge is 0.178 e. The predicted molar refractivity (Wildman–Crippen MR) is 235 cm³/mol. The highest BCUT2D eigenvalue weighted by molar-refractivity contribution is 5.98. The molecule has 9 aromatic carbocycles. The van der Waals surface area contributed by atoms with Gasteiger partial charge in [-0.15, -0.1) is 0 Å². The van der Waals surface area contributed by atoms with Crippen LogP contribution in [0.25, 0.3) is 44.5 Å². The second kappa shape index (κ2) is 12.7. The Kier molecular flexibility index (Phi) is 7.14. The third-order valence-corrected chi connectivity index (χ3v) is 12.2. The molecule has 1 aliphatic heterocycles. The SMILES string of the molecule is c1ccc(N(c2ccccc2)c2ccc(-c3ccc(-c4ccc5c(c4)Oc4ccc6c(c4O5)-c4ccccc4C64c5ccccc5-c5ccccc54)cc3)cc2)cc1. The van der Waals surface area contributed by atoms with Crippen LogP contribution in [0.1, 0.15) is 22.3 Å². The molecule has 0 radical (unpaired) electrons. The molecule has 58 heavy (non-hydrogen) atoms. The van der Waals surface area contributed by atoms with Gasteiger partial charge in [-0.3, -0.25) is 0 Å². The first-order valence-electron chi connectivity index (χ1n) is 19.8. The molecule has 272 valence electrons. The first-order valence-corrected chi connectivity index (χ1v) is 19.8. The Hall–Kier alpha value is -7.62. The van der Waals surface area contributed by atoms with Crippen LogP contribution in [-0.4, -0.2) is 0 Å². The molecule has 0 aromatic heterocycles. The fourth-order valence-electron chi connectivity index (χ4n) is 9.65. The van der Waals surface area contributed by atoms with Gasteiger partial charge in [-0.25, -0.2) is 0 Å². The lowest BCUT2D eigenvalue weighted by molar-refractivity contribution is 0.360. The zero-order valence-electron chi connectivity index (χ0n) is 31.5. The van der Waals surface area contributed by atoms with Crippen LogP contribution in [0.2, 0.25) is 0 Å². The van der Waals surface area contributed by atoms with Crippen LogP contribution in [-0.2, 0) is 5.41 Å². The van der Waals surface area contributed by atoms with Gasteiger partial charge < -0.3 is 14.4 Å². The molecular formula is C55H35NO2. The Bertz CT molecular complexity index is 2960. The molecule has 1 spiro atoms. The number of para-hydroxylation sites is 2. The van der Waals surface area contributed by atoms with Crippen LogP contribution >= 0.6 is 0 Å². The molecular weight excluding hydrogens is 707 g/mol. The summed E-state index contributed by atoms with van der Waals surface area (Å²) in [6.07, 6.45) is 0. The lowest BCUT2D eigenvalue weighted by atomic mass is 9.70. The lowest BCUT2D eigenvalue weighted by Crippen LogP contribution is -2.25. The van der Waals surface area contributed by atoms with Crippen LogP contribution in [0.3, 0.4) is 0 Å². The molecule has 3 aliphatic rings. The minimum absolute atomic E-state index is 0.430. The van der Waals surface area contributed by atoms with Crippen molar-refractivity contribution < 1.29 is 9.47 Å². The number of hydrogen-bond donors (Lipinski definition) is 0. The summed E-state index contributed by atoms with van der Waals surface area (Å²) in [7, 11) is 0. The van der Waals surface area contributed by atoms with Crippen molar-refractivity contribution in [2.24, 2.45) is 0 Å². The minimum Gasteiger partial charge on any atom is -0.449 e. The summed E-state index contributed by atoms with van der Waals surface area (Å²) < 4.78 is 13.6. The number of hydrogen-bond acceptors (Lipinski definition) is 3. The van der Waals surface area contributed by atoms with E-state index in [1.54, 1.807) is 0 Å². The fraction of sp³-hybridized carbons (Fsp3) is 0.0182. The summed E-state index contributed by atoms with van der Waals surface area (Å²) in [6.45, 7) is 0. The first-order chi connectivity index (χ1) is 28.8. The summed E-state index contributed by atoms with van der Waals surface area (Å²) in [5.41, 5.74) is 17.4. The van der Waals surface area contributed by atoms with Crippen molar-refractivity contribution >= 4 is 17.1 Å². The molecule has 1 heterocycles. The number of anilines is 3. The normalized spacial score (nSPS) is 13.2. The third-order valence-electron chi connectivity index (χ3n) is 12.2. The van der Waals surface area contributed by atoms with E-state index in [-0.39, 0.29) is 0 Å². The molecule has 3 heteroatoms. The zero-order chi connectivity index (χ0) is 38.2. The monoisotopic (exact) mass is 741 g/mol. The van der Waals surface area contributed by atoms with E-state index in [9.17, 15) is 0 Å². The molecule has 0 unspecified atom stereocenters. The molecule has 9 aromatic rings. The van der Waals surface area contributed by atoms with Gasteiger partial charge in [0.25, 0.3) is 0 Å². The summed E-state index contributed by atoms with van der Waals surface area (Å²) in [6, 6.07) is 75.7. The Morgan fingerprint density at radius 3 is 1.36 bits per heavy atom. The predicted octanol–water partition coefficient (Wildman–Crippen LogP) is 14.7. The van der Waals surface area contributed by atoms with Crippen molar-refractivity contribution in [2.75, 3.05) is 4.90 Å². The molecule has 2 aliphatic carbocycles. The average molecular weight is 742 g/mol. The first kappa shape index (κ1) is 32.6. The van der Waals surface area contributed by atoms with Gasteiger partial charge in [-0.05, 0) is 116 Å². The van der Waals surface area contributed by atoms with Crippen LogP contribution < -0.4 is 14.4 Å². The van der Waals surface area contributed by atoms with E-state index >= 15 is 0 Å². The lowest BCUT2D eigenvalue weighted by Gasteiger charge is -2.31. The van der Waals surface area contributed by atoms with Gasteiger partial charge in [0.15, 0.2) is 23.0 Å². The molecule has 0 atom stereocenters. The van der Waals surface area contributed by atoms with Crippen LogP contribution in [0.5, 0.6) is 23.0 Å². The summed E-state index contributed by atoms with van der Waals surface area (Å²) in [5.74, 6) is 2.93. The molecule has 0 fully saturated rings. The Morgan fingerprint density at radius 1 is 0.310 bits per heavy atom. The largest absolute Gasteiger partial charge is 0.449 e. The highest BCUT2D eigenvalue weighted by atomic mass is 16.6. The summed E-state index contributed by atoms with van der Waals surface area (Å²) in [4.78, 5) is 2.28. The molecule has 0 saturated heterocycles. The highest BCUT2D eigenvalue weighted by Crippen LogP contribution is 2.66. The zero-order valence-corrected chi connectivity index (χ0v) is 31.5. The molecule has 0 bridgehead atoms. The fourth-order valence-corrected chi connectivity index (χ4v) is 9.65. The van der Waals surface area contributed by atoms with E-state index in [1.165, 1.54) is 38.9 Å². The van der Waals surface area contributed by atoms with E-state index in [1.807, 2.05) is 6.07 Å². The van der Waals surface area contributed by atoms with Crippen molar-refractivity contribution in [3.63, 3.8) is 0 Å². The summed E-state index contributed by atoms with van der Waals surface area (Å²) in [5, 5.41) is 0. The van der Waals surface area contributed by atoms with E-state index in [0.717, 1.165) is 56.4 Å². The molecule has 12 rings (SSSR count). The average Bonchev–Trinajstić information content (AvgIpc) is 3.77. The van der Waals surface area contributed by atoms with Crippen molar-refractivity contribution in [2.45, 2.75) is 5.41 Å². The minimum atomic E-state index is -0.430. The standard InChI is InChI=1S/C55H35NO2/c1-3-13-40(14-4-1)56(41-15-5-2-6-16-41)42-30-27-37(28-31-42)36-23-25-38(26-24-36)39-29-33-50-52(35-39)57-51-34-32-49-53(54(51)58-50)45-19-9-12-22-48(45)55(49)46-20-10-7-17-43(46)44-18-8-11-21-47(44)55/h1-35H. The number of rotatable bonds is 5. The number of benzene rings is 9. The second-order valence-electron chi connectivity index (χ2n) is 15.2. The molecule has 3 nitrogen and oxygen atoms in total. The number of nitrogens with zero attached hydrogens (tertiary/aromatic N) is 1. The molecule has 0 N–H and O–H groups in total. The van der Waals surface area contributed by atoms with Crippen molar-refractivity contribution in [1.82, 2.24) is 0 Å². The van der Waals surface area contributed by atoms with Gasteiger partial charge in [-0.2, -0.15) is 0 Å². The maximum atomic E-state index is 6.88. The van der Waals surface area contributed by atoms with Crippen molar-refractivity contribution in [3.05, 3.63) is 235 Å². The van der Waals surface area contributed by atoms with Gasteiger partial charge in [0.2, 0.25) is 0 Å². The molecule has 0 saturated carbocycles. The van der Waals surface area contributed by atoms with Gasteiger partial charge >= 0.3 is 0 Å². The Balaban J connectivity index is 0.856. The van der Waals surface area contributed by atoms with Crippen molar-refractivity contribution in [1.29, 1.82) is 0 Å². The third kappa shape index (κ3) is 4.74. The topological polar surface area (TPSA) is 21.7 Å². The van der Waals surface area contributed by atoms with Crippen molar-refractivity contribution in [3.8, 4) is 67.5 Å². The Labute approximate surface area is 337 Å². The van der Waals surface area contributed by atoms with Crippen LogP contribution in [0.4, 0.5) is 17.1 Å². The second-order valence-corrected chi connectivity index (χ2v) is 15.2. The van der Waals surface area contributed by atoms with Crippen LogP contribution in [0.15, 0.2) is 212 Å². The van der Waals surface area contributed by atoms with Gasteiger partial charge in [-0.1, -0.05) is 158 Å². The van der Waals surface area contributed by atoms with E-state index in [0.29, 0.717) is 11.5 Å². The van der Waals surface area contributed by atoms with E-state index in [2.05, 4.69) is 211 Å². The maximum Gasteiger partial charge on any atom is 0.178 e. The van der Waals surface area contributed by atoms with E-state index in [4.69, 9.17) is 9.47 Å². The Morgan fingerprint density at radius 2 is 0.759 bits per heavy atom. The quantitative estimate of drug-likeness (QED) is 0.175. The van der Waals surface area contributed by atoms with Gasteiger partial charge in [0.1, 0.15) is 0 Å². The van der Waals surface area contributed by atoms with Crippen LogP contribution in [0, 0.1) is 0 Å². The maximum absolute atomic E-state index is 6.88. The molecule has 0 amide bonds. The van der Waals surface area contributed by atoms with E-state index < -0.39 is 5.41 Å². The number of ether oxygens (including phenoxy) is 2. The highest BCUT2D eigenvalue weighted by Gasteiger charge is 2.53. The number of fused-ring (bicyclic) bond motifs is 13. The van der Waals surface area contributed by atoms with Gasteiger partial charge in [0, 0.05) is 22.6 Å². The summed E-state index contributed by atoms with van der Waals surface area (Å²) >= 11 is 0. The van der Waals surface area contributed by atoms with Gasteiger partial charge in [0.05, 0.1) is 5.41 Å².